The Morgan fingerprint density at radius 1 is 1.10 bits per heavy atom. The van der Waals surface area contributed by atoms with Crippen molar-refractivity contribution >= 4 is 45.3 Å². The summed E-state index contributed by atoms with van der Waals surface area (Å²) in [6.45, 7) is 0. The van der Waals surface area contributed by atoms with Crippen LogP contribution in [0.3, 0.4) is 0 Å². The third kappa shape index (κ3) is 5.54. The van der Waals surface area contributed by atoms with Crippen LogP contribution in [0, 0.1) is 5.92 Å². The number of benzene rings is 2. The number of aldehydes is 1. The smallest absolute Gasteiger partial charge is 0.234 e. The van der Waals surface area contributed by atoms with Gasteiger partial charge in [-0.1, -0.05) is 29.0 Å². The molecule has 3 aromatic rings. The molecule has 5 rings (SSSR count). The van der Waals surface area contributed by atoms with Crippen LogP contribution in [-0.2, 0) is 22.4 Å². The van der Waals surface area contributed by atoms with Gasteiger partial charge in [-0.15, -0.1) is 0 Å². The Labute approximate surface area is 243 Å². The van der Waals surface area contributed by atoms with E-state index >= 15 is 0 Å². The van der Waals surface area contributed by atoms with Crippen molar-refractivity contribution in [3.63, 3.8) is 0 Å². The number of phenolic OH excluding ortho intramolecular Hbond substituents is 2. The maximum Gasteiger partial charge on any atom is 0.234 e. The van der Waals surface area contributed by atoms with Crippen LogP contribution < -0.4 is 15.6 Å². The van der Waals surface area contributed by atoms with Crippen molar-refractivity contribution in [3.05, 3.63) is 76.0 Å². The van der Waals surface area contributed by atoms with Crippen molar-refractivity contribution in [1.29, 1.82) is 0 Å². The van der Waals surface area contributed by atoms with Crippen LogP contribution in [0.15, 0.2) is 47.6 Å². The van der Waals surface area contributed by atoms with E-state index in [2.05, 4.69) is 15.8 Å². The first kappa shape index (κ1) is 28.7. The average molecular weight is 594 g/mol. The molecule has 41 heavy (non-hydrogen) atoms. The molecule has 0 radical (unpaired) electrons. The Kier molecular flexibility index (Phi) is 8.62. The van der Waals surface area contributed by atoms with E-state index in [4.69, 9.17) is 4.74 Å². The lowest BCUT2D eigenvalue weighted by molar-refractivity contribution is -0.122. The zero-order valence-electron chi connectivity index (χ0n) is 22.0. The number of aromatic hydroxyl groups is 2. The lowest BCUT2D eigenvalue weighted by Gasteiger charge is -2.32. The fourth-order valence-corrected chi connectivity index (χ4v) is 7.13. The molecule has 2 atom stereocenters. The van der Waals surface area contributed by atoms with Crippen LogP contribution in [0.25, 0.3) is 0 Å². The zero-order valence-corrected chi connectivity index (χ0v) is 23.6. The number of phenols is 2. The van der Waals surface area contributed by atoms with Crippen LogP contribution in [0.2, 0.25) is 0 Å². The van der Waals surface area contributed by atoms with Crippen LogP contribution >= 0.6 is 21.6 Å². The van der Waals surface area contributed by atoms with Crippen LogP contribution in [0.4, 0.5) is 0 Å². The fourth-order valence-electron chi connectivity index (χ4n) is 5.26. The lowest BCUT2D eigenvalue weighted by Crippen LogP contribution is -2.49. The Morgan fingerprint density at radius 3 is 2.61 bits per heavy atom. The summed E-state index contributed by atoms with van der Waals surface area (Å²) in [6.07, 6.45) is 3.45. The van der Waals surface area contributed by atoms with E-state index in [9.17, 15) is 29.4 Å². The molecule has 2 aliphatic rings. The normalized spacial score (nSPS) is 16.3. The molecule has 4 N–H and O–H groups in total. The van der Waals surface area contributed by atoms with Gasteiger partial charge in [-0.25, -0.2) is 10.4 Å². The van der Waals surface area contributed by atoms with E-state index in [1.54, 1.807) is 18.3 Å². The summed E-state index contributed by atoms with van der Waals surface area (Å²) in [4.78, 5) is 55.4. The molecule has 1 aromatic heterocycles. The van der Waals surface area contributed by atoms with Gasteiger partial charge in [-0.05, 0) is 54.2 Å². The highest BCUT2D eigenvalue weighted by Gasteiger charge is 2.41. The van der Waals surface area contributed by atoms with Crippen LogP contribution in [-0.4, -0.2) is 57.9 Å². The van der Waals surface area contributed by atoms with Gasteiger partial charge in [0.15, 0.2) is 5.78 Å². The number of hydrogen-bond acceptors (Lipinski definition) is 11. The van der Waals surface area contributed by atoms with Gasteiger partial charge in [0.05, 0.1) is 29.8 Å². The molecular formula is C29H27N3O7S2. The predicted octanol–water partition coefficient (Wildman–Crippen LogP) is 3.40. The molecule has 2 aromatic carbocycles. The quantitative estimate of drug-likeness (QED) is 0.0703. The summed E-state index contributed by atoms with van der Waals surface area (Å²) in [6, 6.07) is 9.43. The summed E-state index contributed by atoms with van der Waals surface area (Å²) in [7, 11) is 4.35. The summed E-state index contributed by atoms with van der Waals surface area (Å²) in [5, 5.41) is 23.2. The highest BCUT2D eigenvalue weighted by atomic mass is 33.1. The van der Waals surface area contributed by atoms with E-state index < -0.39 is 17.6 Å². The van der Waals surface area contributed by atoms with E-state index in [-0.39, 0.29) is 70.6 Å². The Bertz CT molecular complexity index is 1530. The predicted molar refractivity (Wildman–Crippen MR) is 153 cm³/mol. The molecule has 0 fully saturated rings. The summed E-state index contributed by atoms with van der Waals surface area (Å²) in [5.74, 6) is -1.80. The number of hydrazine groups is 1. The first-order valence-corrected chi connectivity index (χ1v) is 15.2. The SMILES string of the molecule is COc1cccc2c1C(=O)c1c(O)c3c(c(O)c1C2=O)CC(C(C=O)NNC(=O)CCSSc1ccccn1)CC3. The number of aromatic nitrogens is 1. The minimum absolute atomic E-state index is 0.0468. The third-order valence-corrected chi connectivity index (χ3v) is 9.56. The monoisotopic (exact) mass is 593 g/mol. The number of nitrogens with one attached hydrogen (secondary N) is 2. The van der Waals surface area contributed by atoms with Crippen LogP contribution in [0.5, 0.6) is 17.2 Å². The Balaban J connectivity index is 1.28. The van der Waals surface area contributed by atoms with Gasteiger partial charge in [-0.2, -0.15) is 0 Å². The molecule has 1 amide bonds. The lowest BCUT2D eigenvalue weighted by atomic mass is 9.74. The second-order valence-corrected chi connectivity index (χ2v) is 12.1. The Hall–Kier alpha value is -3.87. The number of amides is 1. The number of nitrogens with zero attached hydrogens (tertiary/aromatic N) is 1. The molecule has 2 aliphatic carbocycles. The molecule has 0 saturated carbocycles. The topological polar surface area (TPSA) is 155 Å². The van der Waals surface area contributed by atoms with Gasteiger partial charge in [0.25, 0.3) is 0 Å². The number of hydrogen-bond donors (Lipinski definition) is 4. The van der Waals surface area contributed by atoms with Crippen LogP contribution in [0.1, 0.15) is 55.8 Å². The van der Waals surface area contributed by atoms with Gasteiger partial charge in [-0.3, -0.25) is 19.8 Å². The minimum Gasteiger partial charge on any atom is -0.507 e. The minimum atomic E-state index is -0.775. The second-order valence-electron chi connectivity index (χ2n) is 9.63. The van der Waals surface area contributed by atoms with Gasteiger partial charge in [0, 0.05) is 35.1 Å². The summed E-state index contributed by atoms with van der Waals surface area (Å²) >= 11 is 0. The van der Waals surface area contributed by atoms with Crippen molar-refractivity contribution in [2.45, 2.75) is 36.8 Å². The maximum atomic E-state index is 13.4. The van der Waals surface area contributed by atoms with E-state index in [0.29, 0.717) is 29.6 Å². The van der Waals surface area contributed by atoms with Gasteiger partial charge >= 0.3 is 0 Å². The van der Waals surface area contributed by atoms with Crippen molar-refractivity contribution in [3.8, 4) is 17.2 Å². The molecule has 0 bridgehead atoms. The van der Waals surface area contributed by atoms with Gasteiger partial charge in [0.1, 0.15) is 28.6 Å². The third-order valence-electron chi connectivity index (χ3n) is 7.29. The zero-order chi connectivity index (χ0) is 29.1. The summed E-state index contributed by atoms with van der Waals surface area (Å²) < 4.78 is 5.28. The Morgan fingerprint density at radius 2 is 1.88 bits per heavy atom. The first-order valence-electron chi connectivity index (χ1n) is 12.9. The van der Waals surface area contributed by atoms with Crippen molar-refractivity contribution in [2.75, 3.05) is 12.9 Å². The molecule has 2 unspecified atom stereocenters. The summed E-state index contributed by atoms with van der Waals surface area (Å²) in [5.41, 5.74) is 5.69. The number of rotatable bonds is 10. The van der Waals surface area contributed by atoms with Gasteiger partial charge in [0.2, 0.25) is 11.7 Å². The van der Waals surface area contributed by atoms with Crippen molar-refractivity contribution < 1.29 is 34.1 Å². The molecular weight excluding hydrogens is 566 g/mol. The highest BCUT2D eigenvalue weighted by molar-refractivity contribution is 8.76. The van der Waals surface area contributed by atoms with E-state index in [1.165, 1.54) is 34.8 Å². The van der Waals surface area contributed by atoms with Crippen molar-refractivity contribution in [1.82, 2.24) is 15.8 Å². The molecule has 0 saturated heterocycles. The number of methoxy groups -OCH3 is 1. The molecule has 0 spiro atoms. The number of ether oxygens (including phenoxy) is 1. The standard InChI is InChI=1S/C29H27N3O7S2/c1-39-20-6-4-5-17-23(20)29(38)25-24(27(17)36)28(37)18-13-15(8-9-16(18)26(25)35)19(14-33)31-32-21(34)10-12-40-41-22-7-2-3-11-30-22/h2-7,11,14-15,19,31,35,37H,8-10,12-13H2,1H3,(H,32,34). The number of carbonyl (C=O) groups excluding carboxylic acids is 4. The van der Waals surface area contributed by atoms with Crippen molar-refractivity contribution in [2.24, 2.45) is 5.92 Å². The maximum absolute atomic E-state index is 13.4. The second kappa shape index (κ2) is 12.3. The molecule has 1 heterocycles. The number of pyridine rings is 1. The number of carbonyl (C=O) groups is 4. The largest absolute Gasteiger partial charge is 0.507 e. The van der Waals surface area contributed by atoms with Gasteiger partial charge < -0.3 is 19.7 Å². The van der Waals surface area contributed by atoms with E-state index in [0.717, 1.165) is 5.03 Å². The highest BCUT2D eigenvalue weighted by Crippen LogP contribution is 2.47. The number of fused-ring (bicyclic) bond motifs is 3. The fraction of sp³-hybridized carbons (Fsp3) is 0.276. The number of ketones is 2. The first-order chi connectivity index (χ1) is 19.8. The molecule has 12 heteroatoms. The molecule has 212 valence electrons. The molecule has 0 aliphatic heterocycles. The average Bonchev–Trinajstić information content (AvgIpc) is 3.00. The molecule has 10 nitrogen and oxygen atoms in total. The van der Waals surface area contributed by atoms with E-state index in [1.807, 2.05) is 18.2 Å².